The second-order valence-corrected chi connectivity index (χ2v) is 8.78. The highest BCUT2D eigenvalue weighted by molar-refractivity contribution is 5.22. The molecular formula is C20H35NO13. The van der Waals surface area contributed by atoms with Crippen LogP contribution in [0.3, 0.4) is 0 Å². The van der Waals surface area contributed by atoms with Gasteiger partial charge in [0, 0.05) is 7.11 Å². The molecule has 34 heavy (non-hydrogen) atoms. The normalized spacial score (nSPS) is 50.1. The number of methoxy groups -OCH3 is 1. The lowest BCUT2D eigenvalue weighted by atomic mass is 9.86. The number of rotatable bonds is 7. The molecule has 2 fully saturated rings. The summed E-state index contributed by atoms with van der Waals surface area (Å²) in [7, 11) is 1.25. The van der Waals surface area contributed by atoms with Crippen LogP contribution in [0.1, 0.15) is 6.92 Å². The summed E-state index contributed by atoms with van der Waals surface area (Å²) >= 11 is 0. The van der Waals surface area contributed by atoms with Crippen molar-refractivity contribution < 1.29 is 64.9 Å². The van der Waals surface area contributed by atoms with Gasteiger partial charge in [-0.25, -0.2) is 0 Å². The lowest BCUT2D eigenvalue weighted by molar-refractivity contribution is -0.348. The minimum absolute atomic E-state index is 0.0742. The molecule has 0 radical (unpaired) electrons. The lowest BCUT2D eigenvalue weighted by Gasteiger charge is -2.47. The van der Waals surface area contributed by atoms with E-state index in [1.807, 2.05) is 0 Å². The fourth-order valence-electron chi connectivity index (χ4n) is 4.51. The maximum atomic E-state index is 10.7. The Hall–Kier alpha value is -0.820. The maximum Gasteiger partial charge on any atom is 0.187 e. The van der Waals surface area contributed by atoms with Crippen molar-refractivity contribution >= 4 is 0 Å². The van der Waals surface area contributed by atoms with E-state index in [0.717, 1.165) is 0 Å². The molecule has 2 heterocycles. The number of aliphatic hydroxyl groups excluding tert-OH is 9. The fourth-order valence-corrected chi connectivity index (χ4v) is 4.51. The van der Waals surface area contributed by atoms with Crippen LogP contribution in [0.25, 0.3) is 0 Å². The Kier molecular flexibility index (Phi) is 9.38. The number of nitrogens with one attached hydrogen (secondary N) is 1. The number of hydrogen-bond acceptors (Lipinski definition) is 14. The molecule has 10 N–H and O–H groups in total. The Morgan fingerprint density at radius 1 is 0.853 bits per heavy atom. The molecule has 4 unspecified atom stereocenters. The first-order chi connectivity index (χ1) is 16.0. The second kappa shape index (κ2) is 11.5. The van der Waals surface area contributed by atoms with Crippen molar-refractivity contribution in [3.63, 3.8) is 0 Å². The smallest absolute Gasteiger partial charge is 0.187 e. The van der Waals surface area contributed by atoms with Gasteiger partial charge in [-0.2, -0.15) is 0 Å². The third-order valence-electron chi connectivity index (χ3n) is 6.58. The van der Waals surface area contributed by atoms with E-state index in [9.17, 15) is 46.0 Å². The molecule has 14 atom stereocenters. The Balaban J connectivity index is 1.70. The van der Waals surface area contributed by atoms with Crippen LogP contribution in [-0.2, 0) is 18.9 Å². The summed E-state index contributed by atoms with van der Waals surface area (Å²) < 4.78 is 21.6. The van der Waals surface area contributed by atoms with Crippen molar-refractivity contribution in [3.8, 4) is 0 Å². The summed E-state index contributed by atoms with van der Waals surface area (Å²) in [5, 5.41) is 94.0. The van der Waals surface area contributed by atoms with Crippen molar-refractivity contribution in [2.45, 2.75) is 92.6 Å². The van der Waals surface area contributed by atoms with Gasteiger partial charge in [-0.05, 0) is 12.5 Å². The minimum Gasteiger partial charge on any atom is -0.394 e. The van der Waals surface area contributed by atoms with Gasteiger partial charge >= 0.3 is 0 Å². The molecule has 2 aliphatic heterocycles. The van der Waals surface area contributed by atoms with Crippen molar-refractivity contribution in [3.05, 3.63) is 11.6 Å². The first-order valence-corrected chi connectivity index (χ1v) is 11.0. The van der Waals surface area contributed by atoms with Gasteiger partial charge in [0.05, 0.1) is 31.4 Å². The Morgan fingerprint density at radius 2 is 1.50 bits per heavy atom. The molecule has 14 heteroatoms. The zero-order valence-electron chi connectivity index (χ0n) is 18.7. The Labute approximate surface area is 195 Å². The molecule has 0 bridgehead atoms. The zero-order valence-corrected chi connectivity index (χ0v) is 18.7. The summed E-state index contributed by atoms with van der Waals surface area (Å²) in [5.74, 6) is 0. The summed E-state index contributed by atoms with van der Waals surface area (Å²) in [6.45, 7) is 0.370. The highest BCUT2D eigenvalue weighted by atomic mass is 16.7. The zero-order chi connectivity index (χ0) is 25.3. The van der Waals surface area contributed by atoms with E-state index in [-0.39, 0.29) is 5.57 Å². The molecule has 0 amide bonds. The molecule has 1 aliphatic carbocycles. The second-order valence-electron chi connectivity index (χ2n) is 8.78. The monoisotopic (exact) mass is 497 g/mol. The van der Waals surface area contributed by atoms with Crippen LogP contribution in [0.15, 0.2) is 11.6 Å². The summed E-state index contributed by atoms with van der Waals surface area (Å²) in [5.41, 5.74) is 0.0742. The van der Waals surface area contributed by atoms with Gasteiger partial charge in [0.15, 0.2) is 12.6 Å². The van der Waals surface area contributed by atoms with E-state index in [1.54, 1.807) is 0 Å². The van der Waals surface area contributed by atoms with Crippen LogP contribution in [0.5, 0.6) is 0 Å². The third-order valence-corrected chi connectivity index (χ3v) is 6.58. The quantitative estimate of drug-likeness (QED) is 0.148. The molecular weight excluding hydrogens is 462 g/mol. The number of ether oxygens (including phenoxy) is 4. The maximum absolute atomic E-state index is 10.7. The largest absolute Gasteiger partial charge is 0.394 e. The van der Waals surface area contributed by atoms with Gasteiger partial charge in [0.1, 0.15) is 54.9 Å². The third kappa shape index (κ3) is 5.30. The molecule has 0 saturated carbocycles. The summed E-state index contributed by atoms with van der Waals surface area (Å²) in [6, 6.07) is -1.98. The van der Waals surface area contributed by atoms with Gasteiger partial charge in [-0.15, -0.1) is 0 Å². The van der Waals surface area contributed by atoms with Crippen LogP contribution < -0.4 is 5.32 Å². The molecule has 2 saturated heterocycles. The van der Waals surface area contributed by atoms with Gasteiger partial charge in [-0.3, -0.25) is 0 Å². The van der Waals surface area contributed by atoms with Crippen molar-refractivity contribution in [2.75, 3.05) is 20.3 Å². The van der Waals surface area contributed by atoms with Gasteiger partial charge < -0.3 is 70.2 Å². The minimum atomic E-state index is -1.67. The van der Waals surface area contributed by atoms with Crippen LogP contribution in [0, 0.1) is 0 Å². The highest BCUT2D eigenvalue weighted by Gasteiger charge is 2.51. The van der Waals surface area contributed by atoms with Crippen LogP contribution in [-0.4, -0.2) is 152 Å². The van der Waals surface area contributed by atoms with E-state index < -0.39 is 98.9 Å². The van der Waals surface area contributed by atoms with Gasteiger partial charge in [0.25, 0.3) is 0 Å². The average molecular weight is 497 g/mol. The van der Waals surface area contributed by atoms with Crippen molar-refractivity contribution in [1.82, 2.24) is 5.32 Å². The fraction of sp³-hybridized carbons (Fsp3) is 0.900. The Bertz CT molecular complexity index is 695. The van der Waals surface area contributed by atoms with Crippen molar-refractivity contribution in [2.24, 2.45) is 0 Å². The molecule has 0 spiro atoms. The predicted octanol–water partition coefficient (Wildman–Crippen LogP) is -5.73. The van der Waals surface area contributed by atoms with E-state index in [0.29, 0.717) is 0 Å². The van der Waals surface area contributed by atoms with Gasteiger partial charge in [0.2, 0.25) is 0 Å². The number of aliphatic hydroxyl groups is 9. The van der Waals surface area contributed by atoms with Crippen molar-refractivity contribution in [1.29, 1.82) is 0 Å². The standard InChI is InChI=1S/C20H35NO13/c1-6-10(21-8-3-7(4-22)11(24)14(27)12(8)25)13(26)16(29)20(32-6)34-18-9(5-23)33-19(31-2)17(30)15(18)28/h3,6,8-30H,4-5H2,1-2H3/t6?,8-,9?,10+,11+,12-,13-,14-,15+,16?,17?,18+,19-,20+/m0/s1. The molecule has 3 aliphatic rings. The molecule has 198 valence electrons. The summed E-state index contributed by atoms with van der Waals surface area (Å²) in [4.78, 5) is 0. The predicted molar refractivity (Wildman–Crippen MR) is 110 cm³/mol. The first-order valence-electron chi connectivity index (χ1n) is 11.0. The van der Waals surface area contributed by atoms with E-state index in [4.69, 9.17) is 18.9 Å². The Morgan fingerprint density at radius 3 is 2.09 bits per heavy atom. The molecule has 0 aromatic heterocycles. The number of hydrogen-bond donors (Lipinski definition) is 10. The SMILES string of the molecule is CO[C@H]1OC(CO)[C@@H](O[C@H]2OC(C)[C@@H](N[C@H]3C=C(CO)[C@@H](O)[C@H](O)[C@H]3O)[C@H](O)C2O)[C@H](O)C1O. The lowest BCUT2D eigenvalue weighted by Crippen LogP contribution is -2.68. The van der Waals surface area contributed by atoms with Crippen LogP contribution in [0.2, 0.25) is 0 Å². The molecule has 14 nitrogen and oxygen atoms in total. The van der Waals surface area contributed by atoms with E-state index in [2.05, 4.69) is 5.32 Å². The van der Waals surface area contributed by atoms with Crippen LogP contribution in [0.4, 0.5) is 0 Å². The average Bonchev–Trinajstić information content (AvgIpc) is 2.82. The highest BCUT2D eigenvalue weighted by Crippen LogP contribution is 2.30. The first kappa shape index (κ1) is 27.8. The van der Waals surface area contributed by atoms with Gasteiger partial charge in [-0.1, -0.05) is 6.08 Å². The summed E-state index contributed by atoms with van der Waals surface area (Å²) in [6.07, 6.45) is -15.5. The molecule has 0 aromatic carbocycles. The topological polar surface area (TPSA) is 231 Å². The van der Waals surface area contributed by atoms with E-state index in [1.165, 1.54) is 20.1 Å². The molecule has 3 rings (SSSR count). The molecule has 0 aromatic rings. The van der Waals surface area contributed by atoms with Crippen LogP contribution >= 0.6 is 0 Å². The van der Waals surface area contributed by atoms with E-state index >= 15 is 0 Å².